The number of ether oxygens (including phenoxy) is 3. The number of fused-ring (bicyclic) bond motifs is 5. The lowest BCUT2D eigenvalue weighted by Gasteiger charge is -2.61. The van der Waals surface area contributed by atoms with E-state index < -0.39 is 0 Å². The van der Waals surface area contributed by atoms with E-state index in [0.29, 0.717) is 38.6 Å². The third-order valence-electron chi connectivity index (χ3n) is 10.3. The maximum Gasteiger partial charge on any atom is 0.305 e. The van der Waals surface area contributed by atoms with Gasteiger partial charge >= 0.3 is 5.97 Å². The third-order valence-corrected chi connectivity index (χ3v) is 10.3. The van der Waals surface area contributed by atoms with Crippen LogP contribution in [0.3, 0.4) is 0 Å². The minimum atomic E-state index is -0.279. The zero-order chi connectivity index (χ0) is 24.7. The molecule has 4 aliphatic carbocycles. The summed E-state index contributed by atoms with van der Waals surface area (Å²) >= 11 is 0. The Bertz CT molecular complexity index is 865. The average Bonchev–Trinajstić information content (AvgIpc) is 3.17. The zero-order valence-electron chi connectivity index (χ0n) is 20.8. The van der Waals surface area contributed by atoms with Crippen LogP contribution in [0.1, 0.15) is 72.1 Å². The van der Waals surface area contributed by atoms with Gasteiger partial charge in [-0.25, -0.2) is 0 Å². The average molecular weight is 475 g/mol. The molecule has 0 amide bonds. The first-order valence-electron chi connectivity index (χ1n) is 12.7. The molecule has 0 bridgehead atoms. The van der Waals surface area contributed by atoms with Crippen LogP contribution in [0.2, 0.25) is 0 Å². The maximum absolute atomic E-state index is 12.2. The van der Waals surface area contributed by atoms with Crippen molar-refractivity contribution in [3.63, 3.8) is 0 Å². The molecule has 7 heteroatoms. The second kappa shape index (κ2) is 9.46. The number of hydrogen-bond donors (Lipinski definition) is 0. The van der Waals surface area contributed by atoms with Crippen LogP contribution >= 0.6 is 0 Å². The largest absolute Gasteiger partial charge is 0.469 e. The van der Waals surface area contributed by atoms with Crippen LogP contribution in [-0.4, -0.2) is 44.0 Å². The molecule has 0 heterocycles. The van der Waals surface area contributed by atoms with E-state index >= 15 is 0 Å². The van der Waals surface area contributed by atoms with Gasteiger partial charge < -0.3 is 14.2 Å². The Balaban J connectivity index is 1.71. The zero-order valence-corrected chi connectivity index (χ0v) is 20.8. The molecule has 0 aromatic carbocycles. The fraction of sp³-hybridized carbons (Fsp3) is 0.778. The molecule has 4 rings (SSSR count). The van der Waals surface area contributed by atoms with E-state index in [1.807, 2.05) is 0 Å². The molecule has 4 aliphatic rings. The van der Waals surface area contributed by atoms with Crippen molar-refractivity contribution < 1.29 is 33.4 Å². The van der Waals surface area contributed by atoms with Crippen molar-refractivity contribution in [2.75, 3.05) is 7.11 Å². The Morgan fingerprint density at radius 1 is 1.18 bits per heavy atom. The van der Waals surface area contributed by atoms with E-state index in [1.54, 1.807) is 6.08 Å². The summed E-state index contributed by atoms with van der Waals surface area (Å²) in [5.41, 5.74) is 0.637. The highest BCUT2D eigenvalue weighted by atomic mass is 16.5. The molecule has 0 saturated heterocycles. The van der Waals surface area contributed by atoms with Crippen LogP contribution in [0.15, 0.2) is 11.6 Å². The van der Waals surface area contributed by atoms with Crippen LogP contribution in [0, 0.1) is 40.4 Å². The molecule has 0 radical (unpaired) electrons. The number of ketones is 1. The van der Waals surface area contributed by atoms with Gasteiger partial charge in [0.1, 0.15) is 12.2 Å². The molecule has 0 spiro atoms. The van der Waals surface area contributed by atoms with Gasteiger partial charge in [0.25, 0.3) is 12.9 Å². The minimum Gasteiger partial charge on any atom is -0.469 e. The van der Waals surface area contributed by atoms with Gasteiger partial charge in [-0.05, 0) is 67.3 Å². The molecule has 9 atom stereocenters. The number of methoxy groups -OCH3 is 1. The fourth-order valence-corrected chi connectivity index (χ4v) is 8.53. The molecule has 0 N–H and O–H groups in total. The highest BCUT2D eigenvalue weighted by Gasteiger charge is 2.66. The summed E-state index contributed by atoms with van der Waals surface area (Å²) in [5, 5.41) is 0. The normalized spacial score (nSPS) is 41.8. The molecule has 34 heavy (non-hydrogen) atoms. The quantitative estimate of drug-likeness (QED) is 0.298. The van der Waals surface area contributed by atoms with Gasteiger partial charge in [-0.15, -0.1) is 0 Å². The standard InChI is InChI=1S/C27H38O7/c1-16(5-8-24(31)32-4)19-6-7-20-25-21(13-23(34-15-29)27(19,20)3)26(2)10-9-18(30)11-17(26)12-22(25)33-14-28/h11,14-16,19-23,25H,5-10,12-13H2,1-4H3/t16-,19-,20?,21?,22-,23+,25?,26+,27-/m1/s1. The first-order chi connectivity index (χ1) is 16.2. The number of hydrogen-bond acceptors (Lipinski definition) is 7. The summed E-state index contributed by atoms with van der Waals surface area (Å²) in [5.74, 6) is 1.01. The molecule has 3 fully saturated rings. The first-order valence-corrected chi connectivity index (χ1v) is 12.7. The molecule has 0 aromatic rings. The molecular formula is C27H38O7. The first kappa shape index (κ1) is 24.9. The summed E-state index contributed by atoms with van der Waals surface area (Å²) in [6.07, 6.45) is 6.88. The van der Waals surface area contributed by atoms with Gasteiger partial charge in [0.2, 0.25) is 0 Å². The van der Waals surface area contributed by atoms with E-state index in [0.717, 1.165) is 31.3 Å². The lowest BCUT2D eigenvalue weighted by Crippen LogP contribution is -2.61. The van der Waals surface area contributed by atoms with Crippen molar-refractivity contribution in [3.05, 3.63) is 11.6 Å². The number of carbonyl (C=O) groups is 4. The third kappa shape index (κ3) is 3.89. The maximum atomic E-state index is 12.2. The van der Waals surface area contributed by atoms with Crippen molar-refractivity contribution >= 4 is 24.7 Å². The Labute approximate surface area is 202 Å². The Morgan fingerprint density at radius 2 is 1.91 bits per heavy atom. The van der Waals surface area contributed by atoms with Gasteiger partial charge in [-0.2, -0.15) is 0 Å². The minimum absolute atomic E-state index is 0.137. The van der Waals surface area contributed by atoms with E-state index in [2.05, 4.69) is 20.8 Å². The second-order valence-corrected chi connectivity index (χ2v) is 11.4. The van der Waals surface area contributed by atoms with Crippen molar-refractivity contribution in [1.82, 2.24) is 0 Å². The predicted octanol–water partition coefficient (Wildman–Crippen LogP) is 4.03. The van der Waals surface area contributed by atoms with E-state index in [1.165, 1.54) is 7.11 Å². The molecule has 0 aliphatic heterocycles. The van der Waals surface area contributed by atoms with Crippen molar-refractivity contribution in [3.8, 4) is 0 Å². The summed E-state index contributed by atoms with van der Waals surface area (Å²) in [7, 11) is 1.41. The van der Waals surface area contributed by atoms with Crippen LogP contribution in [0.5, 0.6) is 0 Å². The summed E-state index contributed by atoms with van der Waals surface area (Å²) in [6.45, 7) is 7.79. The fourth-order valence-electron chi connectivity index (χ4n) is 8.53. The molecular weight excluding hydrogens is 436 g/mol. The molecule has 3 saturated carbocycles. The Hall–Kier alpha value is -2.18. The van der Waals surface area contributed by atoms with Crippen LogP contribution < -0.4 is 0 Å². The molecule has 7 nitrogen and oxygen atoms in total. The van der Waals surface area contributed by atoms with E-state index in [9.17, 15) is 19.2 Å². The predicted molar refractivity (Wildman–Crippen MR) is 123 cm³/mol. The summed E-state index contributed by atoms with van der Waals surface area (Å²) < 4.78 is 16.4. The highest BCUT2D eigenvalue weighted by molar-refractivity contribution is 5.91. The Morgan fingerprint density at radius 3 is 2.59 bits per heavy atom. The van der Waals surface area contributed by atoms with Crippen molar-refractivity contribution in [2.24, 2.45) is 40.4 Å². The smallest absolute Gasteiger partial charge is 0.305 e. The number of rotatable bonds is 8. The number of carbonyl (C=O) groups excluding carboxylic acids is 4. The van der Waals surface area contributed by atoms with Crippen LogP contribution in [0.25, 0.3) is 0 Å². The van der Waals surface area contributed by atoms with Gasteiger partial charge in [-0.1, -0.05) is 26.3 Å². The van der Waals surface area contributed by atoms with Gasteiger partial charge in [0.05, 0.1) is 7.11 Å². The van der Waals surface area contributed by atoms with Gasteiger partial charge in [-0.3, -0.25) is 19.2 Å². The van der Waals surface area contributed by atoms with E-state index in [-0.39, 0.29) is 64.4 Å². The monoisotopic (exact) mass is 474 g/mol. The molecule has 0 aromatic heterocycles. The summed E-state index contributed by atoms with van der Waals surface area (Å²) in [4.78, 5) is 47.2. The van der Waals surface area contributed by atoms with Crippen LogP contribution in [0.4, 0.5) is 0 Å². The van der Waals surface area contributed by atoms with Gasteiger partial charge in [0.15, 0.2) is 5.78 Å². The SMILES string of the molecule is COC(=O)CC[C@@H](C)[C@H]1CCC2C3C(C[C@H](OC=O)[C@@]21C)[C@@]1(C)CCC(=O)C=C1C[C@H]3OC=O. The summed E-state index contributed by atoms with van der Waals surface area (Å²) in [6, 6.07) is 0. The topological polar surface area (TPSA) is 96.0 Å². The lowest BCUT2D eigenvalue weighted by atomic mass is 9.45. The van der Waals surface area contributed by atoms with Crippen LogP contribution in [-0.2, 0) is 33.4 Å². The molecule has 188 valence electrons. The number of esters is 1. The van der Waals surface area contributed by atoms with Gasteiger partial charge in [0, 0.05) is 30.6 Å². The second-order valence-electron chi connectivity index (χ2n) is 11.4. The van der Waals surface area contributed by atoms with Crippen molar-refractivity contribution in [1.29, 1.82) is 0 Å². The Kier molecular flexibility index (Phi) is 6.94. The van der Waals surface area contributed by atoms with Crippen molar-refractivity contribution in [2.45, 2.75) is 84.3 Å². The molecule has 3 unspecified atom stereocenters. The lowest BCUT2D eigenvalue weighted by molar-refractivity contribution is -0.190. The highest BCUT2D eigenvalue weighted by Crippen LogP contribution is 2.68. The van der Waals surface area contributed by atoms with E-state index in [4.69, 9.17) is 14.2 Å².